The van der Waals surface area contributed by atoms with E-state index in [0.29, 0.717) is 30.1 Å². The van der Waals surface area contributed by atoms with Crippen molar-refractivity contribution in [2.45, 2.75) is 6.42 Å². The number of hydrogen-bond acceptors (Lipinski definition) is 3. The first-order valence-corrected chi connectivity index (χ1v) is 6.12. The summed E-state index contributed by atoms with van der Waals surface area (Å²) in [5.74, 6) is -0.557. The molecule has 1 unspecified atom stereocenters. The lowest BCUT2D eigenvalue weighted by molar-refractivity contribution is -0.144. The van der Waals surface area contributed by atoms with Crippen molar-refractivity contribution in [2.24, 2.45) is 5.92 Å². The molecule has 0 saturated carbocycles. The third kappa shape index (κ3) is 2.64. The van der Waals surface area contributed by atoms with Crippen LogP contribution in [0.5, 0.6) is 0 Å². The molecule has 1 aromatic carbocycles. The largest absolute Gasteiger partial charge is 0.469 e. The summed E-state index contributed by atoms with van der Waals surface area (Å²) >= 11 is 5.85. The van der Waals surface area contributed by atoms with Crippen LogP contribution in [0.25, 0.3) is 0 Å². The lowest BCUT2D eigenvalue weighted by Crippen LogP contribution is -2.30. The highest BCUT2D eigenvalue weighted by molar-refractivity contribution is 6.30. The number of hydrogen-bond donors (Lipinski definition) is 0. The summed E-state index contributed by atoms with van der Waals surface area (Å²) in [5.41, 5.74) is 0.549. The van der Waals surface area contributed by atoms with Crippen LogP contribution in [0.4, 0.5) is 0 Å². The van der Waals surface area contributed by atoms with Gasteiger partial charge in [-0.2, -0.15) is 0 Å². The van der Waals surface area contributed by atoms with E-state index >= 15 is 0 Å². The van der Waals surface area contributed by atoms with Crippen LogP contribution in [0.15, 0.2) is 24.3 Å². The zero-order chi connectivity index (χ0) is 13.1. The SMILES string of the molecule is COC(=O)C1CCN(C(=O)c2cccc(Cl)c2)C1. The highest BCUT2D eigenvalue weighted by Crippen LogP contribution is 2.21. The number of carbonyl (C=O) groups is 2. The van der Waals surface area contributed by atoms with Crippen molar-refractivity contribution in [1.82, 2.24) is 4.90 Å². The number of halogens is 1. The normalized spacial score (nSPS) is 18.8. The molecule has 0 bridgehead atoms. The van der Waals surface area contributed by atoms with Crippen LogP contribution in [-0.4, -0.2) is 37.0 Å². The number of benzene rings is 1. The summed E-state index contributed by atoms with van der Waals surface area (Å²) in [4.78, 5) is 25.2. The van der Waals surface area contributed by atoms with Crippen LogP contribution in [0.1, 0.15) is 16.8 Å². The number of ether oxygens (including phenoxy) is 1. The van der Waals surface area contributed by atoms with Gasteiger partial charge in [-0.05, 0) is 24.6 Å². The summed E-state index contributed by atoms with van der Waals surface area (Å²) in [5, 5.41) is 0.532. The van der Waals surface area contributed by atoms with E-state index in [1.54, 1.807) is 29.2 Å². The Morgan fingerprint density at radius 2 is 2.22 bits per heavy atom. The van der Waals surface area contributed by atoms with Gasteiger partial charge in [0, 0.05) is 23.7 Å². The third-order valence-electron chi connectivity index (χ3n) is 3.08. The first-order chi connectivity index (χ1) is 8.61. The lowest BCUT2D eigenvalue weighted by atomic mass is 10.1. The molecule has 96 valence electrons. The second kappa shape index (κ2) is 5.40. The molecule has 0 radical (unpaired) electrons. The van der Waals surface area contributed by atoms with Gasteiger partial charge in [0.1, 0.15) is 0 Å². The maximum atomic E-state index is 12.2. The van der Waals surface area contributed by atoms with Gasteiger partial charge in [-0.3, -0.25) is 9.59 Å². The first-order valence-electron chi connectivity index (χ1n) is 5.74. The molecule has 1 aliphatic rings. The van der Waals surface area contributed by atoms with Gasteiger partial charge in [0.25, 0.3) is 5.91 Å². The molecule has 0 aromatic heterocycles. The van der Waals surface area contributed by atoms with Crippen LogP contribution < -0.4 is 0 Å². The molecular formula is C13H14ClNO3. The van der Waals surface area contributed by atoms with Gasteiger partial charge in [0.15, 0.2) is 0 Å². The van der Waals surface area contributed by atoms with Gasteiger partial charge in [-0.1, -0.05) is 17.7 Å². The van der Waals surface area contributed by atoms with E-state index in [4.69, 9.17) is 11.6 Å². The fraction of sp³-hybridized carbons (Fsp3) is 0.385. The predicted molar refractivity (Wildman–Crippen MR) is 67.5 cm³/mol. The Hall–Kier alpha value is -1.55. The van der Waals surface area contributed by atoms with Gasteiger partial charge in [0.05, 0.1) is 13.0 Å². The van der Waals surface area contributed by atoms with Crippen LogP contribution in [0.2, 0.25) is 5.02 Å². The molecule has 1 atom stereocenters. The van der Waals surface area contributed by atoms with E-state index in [0.717, 1.165) is 0 Å². The van der Waals surface area contributed by atoms with Gasteiger partial charge in [-0.15, -0.1) is 0 Å². The van der Waals surface area contributed by atoms with Crippen molar-refractivity contribution in [1.29, 1.82) is 0 Å². The van der Waals surface area contributed by atoms with Gasteiger partial charge in [0.2, 0.25) is 0 Å². The molecule has 4 nitrogen and oxygen atoms in total. The Bertz CT molecular complexity index is 475. The molecule has 2 rings (SSSR count). The standard InChI is InChI=1S/C13H14ClNO3/c1-18-13(17)10-5-6-15(8-10)12(16)9-3-2-4-11(14)7-9/h2-4,7,10H,5-6,8H2,1H3. The molecule has 1 heterocycles. The van der Waals surface area contributed by atoms with Crippen LogP contribution in [0, 0.1) is 5.92 Å². The fourth-order valence-electron chi connectivity index (χ4n) is 2.11. The molecule has 0 spiro atoms. The summed E-state index contributed by atoms with van der Waals surface area (Å²) in [7, 11) is 1.36. The molecule has 1 fully saturated rings. The minimum atomic E-state index is -0.253. The quantitative estimate of drug-likeness (QED) is 0.770. The molecule has 1 aliphatic heterocycles. The van der Waals surface area contributed by atoms with E-state index < -0.39 is 0 Å². The Kier molecular flexibility index (Phi) is 3.87. The van der Waals surface area contributed by atoms with Gasteiger partial charge in [-0.25, -0.2) is 0 Å². The van der Waals surface area contributed by atoms with Crippen LogP contribution in [0.3, 0.4) is 0 Å². The summed E-state index contributed by atoms with van der Waals surface area (Å²) in [6.07, 6.45) is 0.652. The minimum Gasteiger partial charge on any atom is -0.469 e. The van der Waals surface area contributed by atoms with E-state index in [1.165, 1.54) is 7.11 Å². The molecule has 0 aliphatic carbocycles. The number of methoxy groups -OCH3 is 1. The monoisotopic (exact) mass is 267 g/mol. The third-order valence-corrected chi connectivity index (χ3v) is 3.32. The molecule has 5 heteroatoms. The van der Waals surface area contributed by atoms with Crippen molar-refractivity contribution >= 4 is 23.5 Å². The Morgan fingerprint density at radius 1 is 1.44 bits per heavy atom. The van der Waals surface area contributed by atoms with Crippen molar-refractivity contribution in [2.75, 3.05) is 20.2 Å². The van der Waals surface area contributed by atoms with E-state index in [2.05, 4.69) is 4.74 Å². The molecule has 1 aromatic rings. The Balaban J connectivity index is 2.06. The number of nitrogens with zero attached hydrogens (tertiary/aromatic N) is 1. The van der Waals surface area contributed by atoms with Crippen molar-refractivity contribution in [3.8, 4) is 0 Å². The number of rotatable bonds is 2. The highest BCUT2D eigenvalue weighted by atomic mass is 35.5. The number of carbonyl (C=O) groups excluding carboxylic acids is 2. The lowest BCUT2D eigenvalue weighted by Gasteiger charge is -2.16. The number of amides is 1. The second-order valence-corrected chi connectivity index (χ2v) is 4.71. The zero-order valence-corrected chi connectivity index (χ0v) is 10.8. The van der Waals surface area contributed by atoms with E-state index in [1.807, 2.05) is 0 Å². The average molecular weight is 268 g/mol. The molecular weight excluding hydrogens is 254 g/mol. The molecule has 0 N–H and O–H groups in total. The second-order valence-electron chi connectivity index (χ2n) is 4.27. The fourth-order valence-corrected chi connectivity index (χ4v) is 2.30. The topological polar surface area (TPSA) is 46.6 Å². The minimum absolute atomic E-state index is 0.0936. The molecule has 18 heavy (non-hydrogen) atoms. The molecule has 1 amide bonds. The summed E-state index contributed by atoms with van der Waals surface area (Å²) < 4.78 is 4.69. The molecule has 1 saturated heterocycles. The number of esters is 1. The van der Waals surface area contributed by atoms with Crippen LogP contribution >= 0.6 is 11.6 Å². The first kappa shape index (κ1) is 12.9. The summed E-state index contributed by atoms with van der Waals surface area (Å²) in [6, 6.07) is 6.82. The zero-order valence-electron chi connectivity index (χ0n) is 10.1. The van der Waals surface area contributed by atoms with Crippen molar-refractivity contribution in [3.63, 3.8) is 0 Å². The maximum absolute atomic E-state index is 12.2. The maximum Gasteiger partial charge on any atom is 0.310 e. The number of likely N-dealkylation sites (tertiary alicyclic amines) is 1. The van der Waals surface area contributed by atoms with E-state index in [-0.39, 0.29) is 17.8 Å². The van der Waals surface area contributed by atoms with Gasteiger partial charge < -0.3 is 9.64 Å². The van der Waals surface area contributed by atoms with Gasteiger partial charge >= 0.3 is 5.97 Å². The van der Waals surface area contributed by atoms with Crippen LogP contribution in [-0.2, 0) is 9.53 Å². The smallest absolute Gasteiger partial charge is 0.310 e. The predicted octanol–water partition coefficient (Wildman–Crippen LogP) is 1.98. The average Bonchev–Trinajstić information content (AvgIpc) is 2.86. The van der Waals surface area contributed by atoms with Crippen molar-refractivity contribution < 1.29 is 14.3 Å². The summed E-state index contributed by atoms with van der Waals surface area (Å²) in [6.45, 7) is 0.989. The Morgan fingerprint density at radius 3 is 2.89 bits per heavy atom. The highest BCUT2D eigenvalue weighted by Gasteiger charge is 2.32. The Labute approximate surface area is 110 Å². The van der Waals surface area contributed by atoms with Crippen molar-refractivity contribution in [3.05, 3.63) is 34.9 Å². The van der Waals surface area contributed by atoms with E-state index in [9.17, 15) is 9.59 Å².